The van der Waals surface area contributed by atoms with Gasteiger partial charge in [0.1, 0.15) is 0 Å². The van der Waals surface area contributed by atoms with Gasteiger partial charge in [-0.1, -0.05) is 51.2 Å². The Kier molecular flexibility index (Phi) is 7.44. The van der Waals surface area contributed by atoms with Crippen molar-refractivity contribution in [2.75, 3.05) is 18.9 Å². The molecule has 1 aromatic carbocycles. The van der Waals surface area contributed by atoms with Crippen LogP contribution in [-0.4, -0.2) is 36.2 Å². The summed E-state index contributed by atoms with van der Waals surface area (Å²) in [4.78, 5) is 24.3. The SMILES string of the molecule is CCCCCCC1CCCCN1C.O=C1Nc2ccccc2C1=O. The Balaban J connectivity index is 0.000000175. The van der Waals surface area contributed by atoms with E-state index in [1.165, 1.54) is 57.9 Å². The van der Waals surface area contributed by atoms with E-state index in [1.807, 2.05) is 0 Å². The number of likely N-dealkylation sites (tertiary alicyclic amines) is 1. The number of unbranched alkanes of at least 4 members (excludes halogenated alkanes) is 3. The van der Waals surface area contributed by atoms with Crippen LogP contribution < -0.4 is 5.32 Å². The van der Waals surface area contributed by atoms with Crippen molar-refractivity contribution >= 4 is 17.4 Å². The molecular weight excluding hydrogens is 300 g/mol. The van der Waals surface area contributed by atoms with Crippen LogP contribution in [0, 0.1) is 0 Å². The number of hydrogen-bond donors (Lipinski definition) is 1. The molecule has 1 amide bonds. The second-order valence-corrected chi connectivity index (χ2v) is 6.81. The zero-order valence-electron chi connectivity index (χ0n) is 15.0. The number of carbonyl (C=O) groups is 2. The highest BCUT2D eigenvalue weighted by Crippen LogP contribution is 2.21. The molecule has 0 saturated carbocycles. The summed E-state index contributed by atoms with van der Waals surface area (Å²) in [5.41, 5.74) is 1.08. The van der Waals surface area contributed by atoms with Crippen LogP contribution in [0.2, 0.25) is 0 Å². The monoisotopic (exact) mass is 330 g/mol. The maximum absolute atomic E-state index is 11.0. The molecule has 1 fully saturated rings. The van der Waals surface area contributed by atoms with E-state index >= 15 is 0 Å². The predicted octanol–water partition coefficient (Wildman–Crippen LogP) is 4.26. The lowest BCUT2D eigenvalue weighted by atomic mass is 9.97. The van der Waals surface area contributed by atoms with Gasteiger partial charge in [0.05, 0.1) is 11.3 Å². The second-order valence-electron chi connectivity index (χ2n) is 6.81. The van der Waals surface area contributed by atoms with Gasteiger partial charge in [0.25, 0.3) is 11.7 Å². The number of ketones is 1. The minimum absolute atomic E-state index is 0.444. The van der Waals surface area contributed by atoms with E-state index < -0.39 is 11.7 Å². The molecule has 2 aliphatic heterocycles. The quantitative estimate of drug-likeness (QED) is 0.648. The molecule has 1 aromatic rings. The Bertz CT molecular complexity index is 556. The van der Waals surface area contributed by atoms with Crippen molar-refractivity contribution in [2.45, 2.75) is 64.3 Å². The normalized spacial score (nSPS) is 20.2. The van der Waals surface area contributed by atoms with E-state index in [9.17, 15) is 9.59 Å². The van der Waals surface area contributed by atoms with Crippen molar-refractivity contribution in [1.29, 1.82) is 0 Å². The van der Waals surface area contributed by atoms with Gasteiger partial charge in [-0.3, -0.25) is 9.59 Å². The van der Waals surface area contributed by atoms with E-state index in [4.69, 9.17) is 0 Å². The summed E-state index contributed by atoms with van der Waals surface area (Å²) in [6, 6.07) is 7.76. The van der Waals surface area contributed by atoms with Crippen LogP contribution in [0.5, 0.6) is 0 Å². The third kappa shape index (κ3) is 5.17. The van der Waals surface area contributed by atoms with Crippen molar-refractivity contribution < 1.29 is 9.59 Å². The molecule has 4 nitrogen and oxygen atoms in total. The maximum Gasteiger partial charge on any atom is 0.296 e. The summed E-state index contributed by atoms with van der Waals surface area (Å²) < 4.78 is 0. The van der Waals surface area contributed by atoms with Crippen molar-refractivity contribution in [3.63, 3.8) is 0 Å². The summed E-state index contributed by atoms with van der Waals surface area (Å²) in [5, 5.41) is 2.46. The number of rotatable bonds is 5. The molecule has 2 heterocycles. The first-order valence-corrected chi connectivity index (χ1v) is 9.28. The third-order valence-corrected chi connectivity index (χ3v) is 4.94. The highest BCUT2D eigenvalue weighted by atomic mass is 16.2. The Morgan fingerprint density at radius 2 is 1.92 bits per heavy atom. The van der Waals surface area contributed by atoms with E-state index in [-0.39, 0.29) is 0 Å². The summed E-state index contributed by atoms with van der Waals surface area (Å²) in [6.45, 7) is 3.62. The molecular formula is C20H30N2O2. The highest BCUT2D eigenvalue weighted by molar-refractivity contribution is 6.51. The fourth-order valence-electron chi connectivity index (χ4n) is 3.41. The minimum atomic E-state index is -0.536. The number of fused-ring (bicyclic) bond motifs is 1. The standard InChI is InChI=1S/C12H25N.C8H5NO2/c1-3-4-5-6-9-12-10-7-8-11-13(12)2;10-7-5-3-1-2-4-6(5)9-8(7)11/h12H,3-11H2,1-2H3;1-4H,(H,9,10,11). The molecule has 2 aliphatic rings. The lowest BCUT2D eigenvalue weighted by molar-refractivity contribution is -0.112. The lowest BCUT2D eigenvalue weighted by Gasteiger charge is -2.32. The summed E-state index contributed by atoms with van der Waals surface area (Å²) in [6.07, 6.45) is 11.4. The van der Waals surface area contributed by atoms with Gasteiger partial charge in [-0.05, 0) is 45.0 Å². The number of nitrogens with zero attached hydrogens (tertiary/aromatic N) is 1. The van der Waals surface area contributed by atoms with Crippen molar-refractivity contribution in [2.24, 2.45) is 0 Å². The fourth-order valence-corrected chi connectivity index (χ4v) is 3.41. The number of hydrogen-bond acceptors (Lipinski definition) is 3. The first kappa shape index (κ1) is 18.7. The maximum atomic E-state index is 11.0. The van der Waals surface area contributed by atoms with Crippen LogP contribution in [0.1, 0.15) is 68.6 Å². The second kappa shape index (κ2) is 9.58. The van der Waals surface area contributed by atoms with Crippen LogP contribution in [-0.2, 0) is 4.79 Å². The molecule has 0 aliphatic carbocycles. The highest BCUT2D eigenvalue weighted by Gasteiger charge is 2.26. The van der Waals surface area contributed by atoms with E-state index in [1.54, 1.807) is 24.3 Å². The third-order valence-electron chi connectivity index (χ3n) is 4.94. The molecule has 0 spiro atoms. The number of Topliss-reactive ketones (excluding diaryl/α,β-unsaturated/α-hetero) is 1. The van der Waals surface area contributed by atoms with Crippen molar-refractivity contribution in [3.8, 4) is 0 Å². The van der Waals surface area contributed by atoms with Gasteiger partial charge in [-0.2, -0.15) is 0 Å². The minimum Gasteiger partial charge on any atom is -0.318 e. The molecule has 0 radical (unpaired) electrons. The number of anilines is 1. The smallest absolute Gasteiger partial charge is 0.296 e. The van der Waals surface area contributed by atoms with Crippen LogP contribution in [0.4, 0.5) is 5.69 Å². The Morgan fingerprint density at radius 1 is 1.12 bits per heavy atom. The first-order valence-electron chi connectivity index (χ1n) is 9.28. The van der Waals surface area contributed by atoms with Crippen LogP contribution in [0.3, 0.4) is 0 Å². The van der Waals surface area contributed by atoms with Gasteiger partial charge in [0.2, 0.25) is 0 Å². The van der Waals surface area contributed by atoms with Gasteiger partial charge < -0.3 is 10.2 Å². The van der Waals surface area contributed by atoms with Gasteiger partial charge in [0.15, 0.2) is 0 Å². The van der Waals surface area contributed by atoms with E-state index in [0.29, 0.717) is 11.3 Å². The van der Waals surface area contributed by atoms with Crippen LogP contribution >= 0.6 is 0 Å². The number of nitrogens with one attached hydrogen (secondary N) is 1. The molecule has 1 unspecified atom stereocenters. The zero-order chi connectivity index (χ0) is 17.4. The molecule has 1 saturated heterocycles. The molecule has 4 heteroatoms. The number of para-hydroxylation sites is 1. The first-order chi connectivity index (χ1) is 11.6. The number of amides is 1. The Hall–Kier alpha value is -1.68. The van der Waals surface area contributed by atoms with Crippen LogP contribution in [0.15, 0.2) is 24.3 Å². The van der Waals surface area contributed by atoms with Crippen LogP contribution in [0.25, 0.3) is 0 Å². The Morgan fingerprint density at radius 3 is 2.62 bits per heavy atom. The summed E-state index contributed by atoms with van der Waals surface area (Å²) in [7, 11) is 2.30. The van der Waals surface area contributed by atoms with Crippen molar-refractivity contribution in [3.05, 3.63) is 29.8 Å². The molecule has 3 rings (SSSR count). The molecule has 0 bridgehead atoms. The average molecular weight is 330 g/mol. The largest absolute Gasteiger partial charge is 0.318 e. The molecule has 132 valence electrons. The lowest BCUT2D eigenvalue weighted by Crippen LogP contribution is -2.35. The van der Waals surface area contributed by atoms with Gasteiger partial charge in [-0.25, -0.2) is 0 Å². The predicted molar refractivity (Wildman–Crippen MR) is 98.4 cm³/mol. The fraction of sp³-hybridized carbons (Fsp3) is 0.600. The number of carbonyl (C=O) groups excluding carboxylic acids is 2. The van der Waals surface area contributed by atoms with Gasteiger partial charge in [0, 0.05) is 6.04 Å². The molecule has 1 N–H and O–H groups in total. The zero-order valence-corrected chi connectivity index (χ0v) is 15.0. The van der Waals surface area contributed by atoms with E-state index in [0.717, 1.165) is 6.04 Å². The topological polar surface area (TPSA) is 49.4 Å². The summed E-state index contributed by atoms with van der Waals surface area (Å²) in [5.74, 6) is -0.980. The molecule has 1 atom stereocenters. The summed E-state index contributed by atoms with van der Waals surface area (Å²) >= 11 is 0. The van der Waals surface area contributed by atoms with E-state index in [2.05, 4.69) is 24.2 Å². The van der Waals surface area contributed by atoms with Crippen molar-refractivity contribution in [1.82, 2.24) is 4.90 Å². The number of benzene rings is 1. The Labute approximate surface area is 145 Å². The van der Waals surface area contributed by atoms with Gasteiger partial charge in [-0.15, -0.1) is 0 Å². The average Bonchev–Trinajstić information content (AvgIpc) is 2.89. The molecule has 24 heavy (non-hydrogen) atoms. The number of piperidine rings is 1. The molecule has 0 aromatic heterocycles. The van der Waals surface area contributed by atoms with Gasteiger partial charge >= 0.3 is 0 Å².